The number of benzene rings is 2. The first kappa shape index (κ1) is 18.8. The Labute approximate surface area is 181 Å². The number of hydrogen-bond donors (Lipinski definition) is 2. The van der Waals surface area contributed by atoms with Gasteiger partial charge in [-0.25, -0.2) is 4.79 Å². The standard InChI is InChI=1S/C26H26N2O3/c29-24-6-5-20(10-21(24)26-12-15-7-16(13-26)9-17(8-15)14-26)23-11-22(27-28-23)18-1-3-19(4-2-18)25(30)31/h1-6,10,15-17,29H,7-9,11-14H2,(H,30,31). The summed E-state index contributed by atoms with van der Waals surface area (Å²) in [5, 5.41) is 28.7. The van der Waals surface area contributed by atoms with Crippen LogP contribution in [0.25, 0.3) is 0 Å². The molecule has 0 unspecified atom stereocenters. The van der Waals surface area contributed by atoms with E-state index in [1.165, 1.54) is 38.5 Å². The molecule has 0 spiro atoms. The molecule has 5 nitrogen and oxygen atoms in total. The smallest absolute Gasteiger partial charge is 0.335 e. The molecular weight excluding hydrogens is 388 g/mol. The monoisotopic (exact) mass is 414 g/mol. The van der Waals surface area contributed by atoms with Crippen molar-refractivity contribution in [2.24, 2.45) is 28.0 Å². The summed E-state index contributed by atoms with van der Waals surface area (Å²) in [5.74, 6) is 1.96. The number of carboxylic acid groups (broad SMARTS) is 1. The minimum absolute atomic E-state index is 0.129. The minimum Gasteiger partial charge on any atom is -0.508 e. The molecule has 31 heavy (non-hydrogen) atoms. The number of carboxylic acids is 1. The Morgan fingerprint density at radius 1 is 0.839 bits per heavy atom. The molecule has 2 aromatic rings. The molecule has 4 saturated carbocycles. The second-order valence-corrected chi connectivity index (χ2v) is 10.1. The molecule has 5 aliphatic rings. The van der Waals surface area contributed by atoms with Crippen LogP contribution in [0.2, 0.25) is 0 Å². The Morgan fingerprint density at radius 2 is 1.39 bits per heavy atom. The zero-order valence-electron chi connectivity index (χ0n) is 17.4. The van der Waals surface area contributed by atoms with Gasteiger partial charge in [-0.2, -0.15) is 10.2 Å². The molecular formula is C26H26N2O3. The quantitative estimate of drug-likeness (QED) is 0.725. The van der Waals surface area contributed by atoms with Gasteiger partial charge in [0.15, 0.2) is 0 Å². The van der Waals surface area contributed by atoms with E-state index in [-0.39, 0.29) is 11.0 Å². The van der Waals surface area contributed by atoms with Gasteiger partial charge in [0.25, 0.3) is 0 Å². The maximum Gasteiger partial charge on any atom is 0.335 e. The summed E-state index contributed by atoms with van der Waals surface area (Å²) in [5.41, 5.74) is 5.19. The van der Waals surface area contributed by atoms with Gasteiger partial charge in [0, 0.05) is 12.0 Å². The summed E-state index contributed by atoms with van der Waals surface area (Å²) >= 11 is 0. The van der Waals surface area contributed by atoms with E-state index in [2.05, 4.69) is 16.3 Å². The molecule has 7 rings (SSSR count). The summed E-state index contributed by atoms with van der Waals surface area (Å²) in [4.78, 5) is 11.1. The van der Waals surface area contributed by atoms with Crippen LogP contribution in [-0.2, 0) is 5.41 Å². The first-order valence-corrected chi connectivity index (χ1v) is 11.3. The van der Waals surface area contributed by atoms with E-state index >= 15 is 0 Å². The zero-order chi connectivity index (χ0) is 21.2. The zero-order valence-corrected chi connectivity index (χ0v) is 17.4. The molecule has 2 N–H and O–H groups in total. The number of carbonyl (C=O) groups is 1. The molecule has 4 bridgehead atoms. The van der Waals surface area contributed by atoms with Crippen molar-refractivity contribution >= 4 is 17.4 Å². The largest absolute Gasteiger partial charge is 0.508 e. The van der Waals surface area contributed by atoms with Crippen LogP contribution in [0, 0.1) is 17.8 Å². The van der Waals surface area contributed by atoms with Gasteiger partial charge in [-0.05, 0) is 103 Å². The lowest BCUT2D eigenvalue weighted by molar-refractivity contribution is -0.00614. The van der Waals surface area contributed by atoms with Crippen molar-refractivity contribution in [3.63, 3.8) is 0 Å². The lowest BCUT2D eigenvalue weighted by Crippen LogP contribution is -2.48. The van der Waals surface area contributed by atoms with E-state index in [0.717, 1.165) is 45.9 Å². The van der Waals surface area contributed by atoms with Gasteiger partial charge in [0.2, 0.25) is 0 Å². The van der Waals surface area contributed by atoms with E-state index in [9.17, 15) is 9.90 Å². The van der Waals surface area contributed by atoms with Crippen LogP contribution in [0.3, 0.4) is 0 Å². The summed E-state index contributed by atoms with van der Waals surface area (Å²) < 4.78 is 0. The predicted octanol–water partition coefficient (Wildman–Crippen LogP) is 5.16. The highest BCUT2D eigenvalue weighted by atomic mass is 16.4. The van der Waals surface area contributed by atoms with E-state index in [1.807, 2.05) is 12.1 Å². The Bertz CT molecular complexity index is 1090. The molecule has 1 aliphatic heterocycles. The van der Waals surface area contributed by atoms with Gasteiger partial charge in [-0.3, -0.25) is 0 Å². The lowest BCUT2D eigenvalue weighted by Gasteiger charge is -2.57. The first-order chi connectivity index (χ1) is 15.0. The Balaban J connectivity index is 1.26. The van der Waals surface area contributed by atoms with E-state index < -0.39 is 5.97 Å². The van der Waals surface area contributed by atoms with Gasteiger partial charge in [-0.1, -0.05) is 12.1 Å². The molecule has 4 aliphatic carbocycles. The molecule has 0 amide bonds. The van der Waals surface area contributed by atoms with Gasteiger partial charge >= 0.3 is 5.97 Å². The van der Waals surface area contributed by atoms with Crippen molar-refractivity contribution in [3.8, 4) is 5.75 Å². The van der Waals surface area contributed by atoms with Gasteiger partial charge in [0.05, 0.1) is 17.0 Å². The second kappa shape index (κ2) is 6.78. The van der Waals surface area contributed by atoms with Crippen molar-refractivity contribution in [2.75, 3.05) is 0 Å². The van der Waals surface area contributed by atoms with Crippen LogP contribution >= 0.6 is 0 Å². The van der Waals surface area contributed by atoms with Gasteiger partial charge in [-0.15, -0.1) is 0 Å². The van der Waals surface area contributed by atoms with Crippen LogP contribution in [0.4, 0.5) is 0 Å². The van der Waals surface area contributed by atoms with Crippen molar-refractivity contribution in [1.82, 2.24) is 0 Å². The lowest BCUT2D eigenvalue weighted by atomic mass is 9.48. The number of aromatic hydroxyl groups is 1. The minimum atomic E-state index is -0.932. The third-order valence-corrected chi connectivity index (χ3v) is 8.03. The normalized spacial score (nSPS) is 30.9. The fourth-order valence-corrected chi connectivity index (χ4v) is 7.06. The molecule has 0 radical (unpaired) electrons. The summed E-state index contributed by atoms with van der Waals surface area (Å²) in [7, 11) is 0. The van der Waals surface area contributed by atoms with E-state index in [1.54, 1.807) is 24.3 Å². The van der Waals surface area contributed by atoms with Crippen LogP contribution in [0.1, 0.15) is 72.0 Å². The van der Waals surface area contributed by atoms with Crippen molar-refractivity contribution in [1.29, 1.82) is 0 Å². The van der Waals surface area contributed by atoms with Crippen molar-refractivity contribution in [3.05, 3.63) is 64.7 Å². The molecule has 0 saturated heterocycles. The molecule has 5 heteroatoms. The fraction of sp³-hybridized carbons (Fsp3) is 0.423. The Morgan fingerprint density at radius 3 is 1.97 bits per heavy atom. The van der Waals surface area contributed by atoms with Gasteiger partial charge in [0.1, 0.15) is 5.75 Å². The average molecular weight is 415 g/mol. The van der Waals surface area contributed by atoms with Crippen LogP contribution in [-0.4, -0.2) is 27.6 Å². The SMILES string of the molecule is O=C(O)c1ccc(C2=NN=C(c3ccc(O)c(C45CC6CC(CC(C6)C4)C5)c3)C2)cc1. The van der Waals surface area contributed by atoms with Gasteiger partial charge < -0.3 is 10.2 Å². The van der Waals surface area contributed by atoms with E-state index in [0.29, 0.717) is 12.2 Å². The number of hydrogen-bond acceptors (Lipinski definition) is 4. The topological polar surface area (TPSA) is 82.2 Å². The highest BCUT2D eigenvalue weighted by Crippen LogP contribution is 2.61. The van der Waals surface area contributed by atoms with Crippen LogP contribution in [0.5, 0.6) is 5.75 Å². The Hall–Kier alpha value is -2.95. The predicted molar refractivity (Wildman–Crippen MR) is 119 cm³/mol. The molecule has 158 valence electrons. The van der Waals surface area contributed by atoms with Crippen LogP contribution in [0.15, 0.2) is 52.7 Å². The van der Waals surface area contributed by atoms with Crippen molar-refractivity contribution < 1.29 is 15.0 Å². The maximum atomic E-state index is 11.1. The third-order valence-electron chi connectivity index (χ3n) is 8.03. The highest BCUT2D eigenvalue weighted by molar-refractivity contribution is 6.20. The average Bonchev–Trinajstić information content (AvgIpc) is 3.23. The first-order valence-electron chi connectivity index (χ1n) is 11.3. The number of rotatable bonds is 4. The molecule has 0 aromatic heterocycles. The molecule has 4 fully saturated rings. The molecule has 0 atom stereocenters. The number of nitrogens with zero attached hydrogens (tertiary/aromatic N) is 2. The second-order valence-electron chi connectivity index (χ2n) is 10.1. The van der Waals surface area contributed by atoms with E-state index in [4.69, 9.17) is 5.11 Å². The highest BCUT2D eigenvalue weighted by Gasteiger charge is 2.52. The van der Waals surface area contributed by atoms with Crippen molar-refractivity contribution in [2.45, 2.75) is 50.4 Å². The third kappa shape index (κ3) is 3.10. The summed E-state index contributed by atoms with van der Waals surface area (Å²) in [6, 6.07) is 12.7. The summed E-state index contributed by atoms with van der Waals surface area (Å²) in [6.07, 6.45) is 8.37. The summed E-state index contributed by atoms with van der Waals surface area (Å²) in [6.45, 7) is 0. The number of aromatic carboxylic acids is 1. The Kier molecular flexibility index (Phi) is 4.11. The molecule has 1 heterocycles. The van der Waals surface area contributed by atoms with Crippen LogP contribution < -0.4 is 0 Å². The number of phenols is 1. The maximum absolute atomic E-state index is 11.1. The fourth-order valence-electron chi connectivity index (χ4n) is 7.06. The number of phenolic OH excluding ortho intramolecular Hbond substituents is 1. The molecule has 2 aromatic carbocycles.